The maximum absolute atomic E-state index is 13.1. The number of halogens is 1. The second-order valence-corrected chi connectivity index (χ2v) is 9.87. The van der Waals surface area contributed by atoms with Crippen molar-refractivity contribution in [3.63, 3.8) is 0 Å². The average molecular weight is 433 g/mol. The van der Waals surface area contributed by atoms with E-state index in [1.54, 1.807) is 22.6 Å². The van der Waals surface area contributed by atoms with Crippen LogP contribution in [0, 0.1) is 12.8 Å². The molecule has 3 unspecified atom stereocenters. The van der Waals surface area contributed by atoms with E-state index in [2.05, 4.69) is 27.0 Å². The predicted octanol–water partition coefficient (Wildman–Crippen LogP) is 4.41. The van der Waals surface area contributed by atoms with Gasteiger partial charge in [0, 0.05) is 22.8 Å². The molecule has 4 rings (SSSR count). The van der Waals surface area contributed by atoms with Crippen LogP contribution in [-0.2, 0) is 10.0 Å². The van der Waals surface area contributed by atoms with E-state index >= 15 is 0 Å². The molecule has 2 aliphatic rings. The molecule has 6 heteroatoms. The lowest BCUT2D eigenvalue weighted by molar-refractivity contribution is 0.383. The summed E-state index contributed by atoms with van der Waals surface area (Å²) in [6.45, 7) is 1.97. The largest absolute Gasteiger partial charge is 0.256 e. The Labute approximate surface area is 163 Å². The molecule has 1 aromatic heterocycles. The van der Waals surface area contributed by atoms with E-state index in [4.69, 9.17) is 0 Å². The SMILES string of the molecule is Cc1ccc(S(=O)(=O)N2C3CCC2C(/C=C/c2ccc(Br)cn2)C3)cc1. The Morgan fingerprint density at radius 1 is 1.15 bits per heavy atom. The van der Waals surface area contributed by atoms with Gasteiger partial charge in [0.25, 0.3) is 0 Å². The first kappa shape index (κ1) is 17.9. The van der Waals surface area contributed by atoms with E-state index in [1.165, 1.54) is 0 Å². The molecule has 3 heterocycles. The van der Waals surface area contributed by atoms with E-state index in [-0.39, 0.29) is 18.0 Å². The highest BCUT2D eigenvalue weighted by molar-refractivity contribution is 9.10. The molecule has 2 aliphatic heterocycles. The van der Waals surface area contributed by atoms with Crippen LogP contribution in [0.25, 0.3) is 6.08 Å². The fraction of sp³-hybridized carbons (Fsp3) is 0.350. The highest BCUT2D eigenvalue weighted by atomic mass is 79.9. The van der Waals surface area contributed by atoms with Gasteiger partial charge in [-0.05, 0) is 78.4 Å². The lowest BCUT2D eigenvalue weighted by Crippen LogP contribution is -2.36. The van der Waals surface area contributed by atoms with Gasteiger partial charge in [0.1, 0.15) is 0 Å². The highest BCUT2D eigenvalue weighted by Gasteiger charge is 2.51. The molecule has 2 saturated heterocycles. The summed E-state index contributed by atoms with van der Waals surface area (Å²) in [6.07, 6.45) is 8.69. The molecular weight excluding hydrogens is 412 g/mol. The van der Waals surface area contributed by atoms with Crippen molar-refractivity contribution in [3.05, 3.63) is 64.4 Å². The maximum atomic E-state index is 13.1. The number of rotatable bonds is 4. The first-order valence-electron chi connectivity index (χ1n) is 8.85. The van der Waals surface area contributed by atoms with E-state index in [0.717, 1.165) is 35.0 Å². The van der Waals surface area contributed by atoms with E-state index in [0.29, 0.717) is 4.90 Å². The summed E-state index contributed by atoms with van der Waals surface area (Å²) >= 11 is 3.39. The summed E-state index contributed by atoms with van der Waals surface area (Å²) in [7, 11) is -3.44. The summed E-state index contributed by atoms with van der Waals surface area (Å²) in [5.41, 5.74) is 1.96. The average Bonchev–Trinajstić information content (AvgIpc) is 3.20. The van der Waals surface area contributed by atoms with Gasteiger partial charge in [-0.3, -0.25) is 4.98 Å². The van der Waals surface area contributed by atoms with Crippen molar-refractivity contribution in [2.75, 3.05) is 0 Å². The standard InChI is InChI=1S/C20H21BrN2O2S/c1-14-2-9-19(10-3-14)26(24,25)23-18-8-11-20(23)15(12-18)4-6-17-7-5-16(21)13-22-17/h2-7,9-10,13,15,18,20H,8,11-12H2,1H3/b6-4+. The van der Waals surface area contributed by atoms with Crippen LogP contribution in [0.3, 0.4) is 0 Å². The van der Waals surface area contributed by atoms with Crippen LogP contribution in [0.2, 0.25) is 0 Å². The zero-order valence-electron chi connectivity index (χ0n) is 14.5. The van der Waals surface area contributed by atoms with Gasteiger partial charge in [0.15, 0.2) is 0 Å². The Balaban J connectivity index is 1.56. The minimum atomic E-state index is -3.44. The van der Waals surface area contributed by atoms with Crippen LogP contribution < -0.4 is 0 Å². The van der Waals surface area contributed by atoms with Gasteiger partial charge in [-0.15, -0.1) is 0 Å². The molecule has 0 saturated carbocycles. The summed E-state index contributed by atoms with van der Waals surface area (Å²) in [5.74, 6) is 0.249. The zero-order valence-corrected chi connectivity index (χ0v) is 16.9. The minimum absolute atomic E-state index is 0.0537. The van der Waals surface area contributed by atoms with Gasteiger partial charge < -0.3 is 0 Å². The molecular formula is C20H21BrN2O2S. The molecule has 0 aliphatic carbocycles. The number of aryl methyl sites for hydroxylation is 1. The fourth-order valence-electron chi connectivity index (χ4n) is 4.11. The third-order valence-electron chi connectivity index (χ3n) is 5.38. The molecule has 4 nitrogen and oxygen atoms in total. The lowest BCUT2D eigenvalue weighted by atomic mass is 9.89. The second-order valence-electron chi connectivity index (χ2n) is 7.11. The quantitative estimate of drug-likeness (QED) is 0.718. The first-order chi connectivity index (χ1) is 12.4. The molecule has 2 fully saturated rings. The van der Waals surface area contributed by atoms with Gasteiger partial charge in [-0.25, -0.2) is 8.42 Å². The molecule has 0 amide bonds. The number of pyridine rings is 1. The molecule has 3 atom stereocenters. The molecule has 0 spiro atoms. The predicted molar refractivity (Wildman–Crippen MR) is 106 cm³/mol. The van der Waals surface area contributed by atoms with E-state index in [1.807, 2.05) is 37.3 Å². The molecule has 0 radical (unpaired) electrons. The van der Waals surface area contributed by atoms with Crippen LogP contribution in [0.5, 0.6) is 0 Å². The van der Waals surface area contributed by atoms with Crippen LogP contribution in [-0.4, -0.2) is 29.8 Å². The molecule has 136 valence electrons. The summed E-state index contributed by atoms with van der Waals surface area (Å²) in [5, 5.41) is 0. The van der Waals surface area contributed by atoms with Crippen LogP contribution in [0.1, 0.15) is 30.5 Å². The van der Waals surface area contributed by atoms with Gasteiger partial charge in [0.05, 0.1) is 10.6 Å². The molecule has 2 aromatic rings. The van der Waals surface area contributed by atoms with Gasteiger partial charge in [-0.1, -0.05) is 23.8 Å². The lowest BCUT2D eigenvalue weighted by Gasteiger charge is -2.23. The number of benzene rings is 1. The Kier molecular flexibility index (Phi) is 4.75. The first-order valence-corrected chi connectivity index (χ1v) is 11.1. The van der Waals surface area contributed by atoms with Gasteiger partial charge >= 0.3 is 0 Å². The third kappa shape index (κ3) is 3.26. The number of hydrogen-bond acceptors (Lipinski definition) is 3. The third-order valence-corrected chi connectivity index (χ3v) is 7.84. The topological polar surface area (TPSA) is 50.3 Å². The van der Waals surface area contributed by atoms with Crippen LogP contribution in [0.15, 0.2) is 58.0 Å². The van der Waals surface area contributed by atoms with E-state index < -0.39 is 10.0 Å². The van der Waals surface area contributed by atoms with Crippen molar-refractivity contribution < 1.29 is 8.42 Å². The van der Waals surface area contributed by atoms with Crippen molar-refractivity contribution in [2.24, 2.45) is 5.92 Å². The van der Waals surface area contributed by atoms with Crippen molar-refractivity contribution in [2.45, 2.75) is 43.2 Å². The number of nitrogens with zero attached hydrogens (tertiary/aromatic N) is 2. The molecule has 26 heavy (non-hydrogen) atoms. The Hall–Kier alpha value is -1.50. The molecule has 1 aromatic carbocycles. The smallest absolute Gasteiger partial charge is 0.243 e. The molecule has 0 N–H and O–H groups in total. The number of fused-ring (bicyclic) bond motifs is 2. The van der Waals surface area contributed by atoms with E-state index in [9.17, 15) is 8.42 Å². The zero-order chi connectivity index (χ0) is 18.3. The normalized spacial score (nSPS) is 26.0. The van der Waals surface area contributed by atoms with Crippen molar-refractivity contribution in [1.82, 2.24) is 9.29 Å². The van der Waals surface area contributed by atoms with Crippen molar-refractivity contribution in [3.8, 4) is 0 Å². The fourth-order valence-corrected chi connectivity index (χ4v) is 6.27. The summed E-state index contributed by atoms with van der Waals surface area (Å²) in [4.78, 5) is 4.76. The Morgan fingerprint density at radius 2 is 1.92 bits per heavy atom. The van der Waals surface area contributed by atoms with Crippen molar-refractivity contribution in [1.29, 1.82) is 0 Å². The van der Waals surface area contributed by atoms with Crippen LogP contribution in [0.4, 0.5) is 0 Å². The van der Waals surface area contributed by atoms with Gasteiger partial charge in [-0.2, -0.15) is 4.31 Å². The Morgan fingerprint density at radius 3 is 2.62 bits per heavy atom. The summed E-state index contributed by atoms with van der Waals surface area (Å²) in [6, 6.07) is 11.2. The second kappa shape index (κ2) is 6.91. The van der Waals surface area contributed by atoms with Crippen LogP contribution >= 0.6 is 15.9 Å². The maximum Gasteiger partial charge on any atom is 0.243 e. The summed E-state index contributed by atoms with van der Waals surface area (Å²) < 4.78 is 29.0. The van der Waals surface area contributed by atoms with Crippen molar-refractivity contribution >= 4 is 32.0 Å². The monoisotopic (exact) mass is 432 g/mol. The molecule has 2 bridgehead atoms. The minimum Gasteiger partial charge on any atom is -0.256 e. The number of hydrogen-bond donors (Lipinski definition) is 0. The van der Waals surface area contributed by atoms with Gasteiger partial charge in [0.2, 0.25) is 10.0 Å². The Bertz CT molecular complexity index is 923. The highest BCUT2D eigenvalue weighted by Crippen LogP contribution is 2.45. The number of aromatic nitrogens is 1. The number of sulfonamides is 1.